The Morgan fingerprint density at radius 2 is 2.08 bits per heavy atom. The Bertz CT molecular complexity index is 933. The van der Waals surface area contributed by atoms with Gasteiger partial charge in [0.15, 0.2) is 0 Å². The number of rotatable bonds is 4. The molecule has 1 aromatic heterocycles. The van der Waals surface area contributed by atoms with Crippen molar-refractivity contribution in [2.24, 2.45) is 5.10 Å². The largest absolute Gasteiger partial charge is 0.319 e. The lowest BCUT2D eigenvalue weighted by atomic mass is 10.2. The summed E-state index contributed by atoms with van der Waals surface area (Å²) in [5.74, 6) is -1.08. The third-order valence-corrected chi connectivity index (χ3v) is 3.50. The molecule has 7 heteroatoms. The number of amides is 1. The summed E-state index contributed by atoms with van der Waals surface area (Å²) in [4.78, 5) is 16.4. The van der Waals surface area contributed by atoms with Gasteiger partial charge in [0.1, 0.15) is 24.0 Å². The molecule has 0 atom stereocenters. The fourth-order valence-corrected chi connectivity index (χ4v) is 2.35. The maximum absolute atomic E-state index is 13.5. The van der Waals surface area contributed by atoms with Gasteiger partial charge in [-0.15, -0.1) is 0 Å². The Morgan fingerprint density at radius 3 is 2.88 bits per heavy atom. The summed E-state index contributed by atoms with van der Waals surface area (Å²) in [5.41, 5.74) is 4.06. The molecule has 24 heavy (non-hydrogen) atoms. The number of aromatic nitrogens is 2. The minimum atomic E-state index is -0.746. The van der Waals surface area contributed by atoms with Crippen LogP contribution in [-0.2, 0) is 11.3 Å². The summed E-state index contributed by atoms with van der Waals surface area (Å²) in [6, 6.07) is 10.6. The standard InChI is InChI=1S/C17H14F2N4O/c1-11-21-15-4-2-3-5-16(15)23(11)10-17(24)22-20-9-12-6-7-13(18)8-14(12)19/h2-9H,10H2,1H3,(H,22,24)/b20-9+. The maximum atomic E-state index is 13.5. The van der Waals surface area contributed by atoms with Crippen LogP contribution >= 0.6 is 0 Å². The van der Waals surface area contributed by atoms with Crippen molar-refractivity contribution in [3.8, 4) is 0 Å². The van der Waals surface area contributed by atoms with Crippen LogP contribution < -0.4 is 5.43 Å². The molecular formula is C17H14F2N4O. The quantitative estimate of drug-likeness (QED) is 0.591. The number of imidazole rings is 1. The van der Waals surface area contributed by atoms with Gasteiger partial charge < -0.3 is 4.57 Å². The van der Waals surface area contributed by atoms with Crippen LogP contribution in [0, 0.1) is 18.6 Å². The Kier molecular flexibility index (Phi) is 4.33. The van der Waals surface area contributed by atoms with E-state index in [1.807, 2.05) is 31.2 Å². The van der Waals surface area contributed by atoms with Crippen molar-refractivity contribution >= 4 is 23.2 Å². The predicted octanol–water partition coefficient (Wildman–Crippen LogP) is 2.77. The fraction of sp³-hybridized carbons (Fsp3) is 0.118. The minimum absolute atomic E-state index is 0.0373. The van der Waals surface area contributed by atoms with Gasteiger partial charge in [0.25, 0.3) is 5.91 Å². The lowest BCUT2D eigenvalue weighted by Crippen LogP contribution is -2.23. The zero-order valence-corrected chi connectivity index (χ0v) is 12.8. The summed E-state index contributed by atoms with van der Waals surface area (Å²) in [6.07, 6.45) is 1.13. The average Bonchev–Trinajstić information content (AvgIpc) is 2.85. The third-order valence-electron chi connectivity index (χ3n) is 3.50. The van der Waals surface area contributed by atoms with Crippen LogP contribution in [0.3, 0.4) is 0 Å². The lowest BCUT2D eigenvalue weighted by Gasteiger charge is -2.05. The van der Waals surface area contributed by atoms with E-state index >= 15 is 0 Å². The van der Waals surface area contributed by atoms with Gasteiger partial charge in [0, 0.05) is 11.6 Å². The minimum Gasteiger partial charge on any atom is -0.319 e. The van der Waals surface area contributed by atoms with Gasteiger partial charge in [-0.3, -0.25) is 4.79 Å². The van der Waals surface area contributed by atoms with E-state index in [1.165, 1.54) is 6.07 Å². The van der Waals surface area contributed by atoms with E-state index in [-0.39, 0.29) is 18.0 Å². The second-order valence-electron chi connectivity index (χ2n) is 5.19. The summed E-state index contributed by atoms with van der Waals surface area (Å²) in [7, 11) is 0. The first kappa shape index (κ1) is 15.8. The molecule has 2 aromatic carbocycles. The van der Waals surface area contributed by atoms with Crippen LogP contribution in [0.15, 0.2) is 47.6 Å². The number of benzene rings is 2. The molecule has 1 heterocycles. The maximum Gasteiger partial charge on any atom is 0.260 e. The van der Waals surface area contributed by atoms with E-state index in [0.29, 0.717) is 5.82 Å². The fourth-order valence-electron chi connectivity index (χ4n) is 2.35. The van der Waals surface area contributed by atoms with E-state index in [4.69, 9.17) is 0 Å². The van der Waals surface area contributed by atoms with E-state index in [9.17, 15) is 13.6 Å². The molecule has 0 unspecified atom stereocenters. The number of aryl methyl sites for hydroxylation is 1. The molecule has 1 amide bonds. The molecule has 122 valence electrons. The molecule has 0 saturated carbocycles. The highest BCUT2D eigenvalue weighted by atomic mass is 19.1. The van der Waals surface area contributed by atoms with Crippen molar-refractivity contribution in [3.05, 3.63) is 65.5 Å². The normalized spacial score (nSPS) is 11.3. The first-order chi connectivity index (χ1) is 11.5. The Hall–Kier alpha value is -3.09. The first-order valence-electron chi connectivity index (χ1n) is 7.23. The summed E-state index contributed by atoms with van der Waals surface area (Å²) in [5, 5.41) is 3.70. The first-order valence-corrected chi connectivity index (χ1v) is 7.23. The number of nitrogens with one attached hydrogen (secondary N) is 1. The number of halogens is 2. The number of carbonyl (C=O) groups excluding carboxylic acids is 1. The highest BCUT2D eigenvalue weighted by molar-refractivity contribution is 5.84. The van der Waals surface area contributed by atoms with Crippen LogP contribution in [-0.4, -0.2) is 21.7 Å². The number of hydrogen-bond acceptors (Lipinski definition) is 3. The van der Waals surface area contributed by atoms with Crippen molar-refractivity contribution in [3.63, 3.8) is 0 Å². The number of hydrazone groups is 1. The van der Waals surface area contributed by atoms with Gasteiger partial charge in [0.05, 0.1) is 17.2 Å². The van der Waals surface area contributed by atoms with E-state index in [2.05, 4.69) is 15.5 Å². The SMILES string of the molecule is Cc1nc2ccccc2n1CC(=O)N/N=C/c1ccc(F)cc1F. The molecule has 0 fully saturated rings. The van der Waals surface area contributed by atoms with Crippen molar-refractivity contribution in [1.82, 2.24) is 15.0 Å². The molecular weight excluding hydrogens is 314 g/mol. The summed E-state index contributed by atoms with van der Waals surface area (Å²) in [6.45, 7) is 1.85. The molecule has 5 nitrogen and oxygen atoms in total. The molecule has 0 aliphatic heterocycles. The average molecular weight is 328 g/mol. The monoisotopic (exact) mass is 328 g/mol. The van der Waals surface area contributed by atoms with Gasteiger partial charge in [-0.2, -0.15) is 5.10 Å². The predicted molar refractivity (Wildman–Crippen MR) is 86.6 cm³/mol. The van der Waals surface area contributed by atoms with Crippen LogP contribution in [0.4, 0.5) is 8.78 Å². The molecule has 0 aliphatic rings. The topological polar surface area (TPSA) is 59.3 Å². The molecule has 3 aromatic rings. The Labute approximate surface area is 136 Å². The van der Waals surface area contributed by atoms with E-state index in [0.717, 1.165) is 29.4 Å². The summed E-state index contributed by atoms with van der Waals surface area (Å²) < 4.78 is 28.0. The summed E-state index contributed by atoms with van der Waals surface area (Å²) >= 11 is 0. The van der Waals surface area contributed by atoms with Gasteiger partial charge in [-0.1, -0.05) is 12.1 Å². The molecule has 1 N–H and O–H groups in total. The van der Waals surface area contributed by atoms with Crippen LogP contribution in [0.5, 0.6) is 0 Å². The van der Waals surface area contributed by atoms with E-state index in [1.54, 1.807) is 4.57 Å². The Morgan fingerprint density at radius 1 is 1.29 bits per heavy atom. The van der Waals surface area contributed by atoms with Crippen LogP contribution in [0.2, 0.25) is 0 Å². The number of para-hydroxylation sites is 2. The number of carbonyl (C=O) groups is 1. The molecule has 0 bridgehead atoms. The lowest BCUT2D eigenvalue weighted by molar-refractivity contribution is -0.121. The second kappa shape index (κ2) is 6.57. The number of nitrogens with zero attached hydrogens (tertiary/aromatic N) is 3. The van der Waals surface area contributed by atoms with Crippen LogP contribution in [0.25, 0.3) is 11.0 Å². The van der Waals surface area contributed by atoms with Crippen LogP contribution in [0.1, 0.15) is 11.4 Å². The van der Waals surface area contributed by atoms with Crippen molar-refractivity contribution in [2.45, 2.75) is 13.5 Å². The molecule has 0 spiro atoms. The highest BCUT2D eigenvalue weighted by Crippen LogP contribution is 2.15. The smallest absolute Gasteiger partial charge is 0.260 e. The molecule has 0 saturated heterocycles. The molecule has 0 radical (unpaired) electrons. The second-order valence-corrected chi connectivity index (χ2v) is 5.19. The molecule has 0 aliphatic carbocycles. The van der Waals surface area contributed by atoms with E-state index < -0.39 is 11.6 Å². The zero-order chi connectivity index (χ0) is 17.1. The molecule has 3 rings (SSSR count). The number of hydrogen-bond donors (Lipinski definition) is 1. The van der Waals surface area contributed by atoms with Gasteiger partial charge in [0.2, 0.25) is 0 Å². The van der Waals surface area contributed by atoms with Gasteiger partial charge in [-0.25, -0.2) is 19.2 Å². The van der Waals surface area contributed by atoms with Crippen molar-refractivity contribution < 1.29 is 13.6 Å². The number of fused-ring (bicyclic) bond motifs is 1. The van der Waals surface area contributed by atoms with Crippen molar-refractivity contribution in [1.29, 1.82) is 0 Å². The highest BCUT2D eigenvalue weighted by Gasteiger charge is 2.10. The van der Waals surface area contributed by atoms with Gasteiger partial charge >= 0.3 is 0 Å². The van der Waals surface area contributed by atoms with Gasteiger partial charge in [-0.05, 0) is 31.2 Å². The Balaban J connectivity index is 1.69. The zero-order valence-electron chi connectivity index (χ0n) is 12.8. The third kappa shape index (κ3) is 3.29. The van der Waals surface area contributed by atoms with Crippen molar-refractivity contribution in [2.75, 3.05) is 0 Å².